The minimum Gasteiger partial charge on any atom is -0.491 e. The lowest BCUT2D eigenvalue weighted by Gasteiger charge is -2.34. The first-order valence-electron chi connectivity index (χ1n) is 7.62. The molecule has 0 bridgehead atoms. The molecule has 0 saturated heterocycles. The van der Waals surface area contributed by atoms with Crippen molar-refractivity contribution in [1.82, 2.24) is 5.32 Å². The lowest BCUT2D eigenvalue weighted by Crippen LogP contribution is -2.64. The van der Waals surface area contributed by atoms with E-state index in [0.29, 0.717) is 0 Å². The van der Waals surface area contributed by atoms with E-state index in [9.17, 15) is 53.1 Å². The lowest BCUT2D eigenvalue weighted by atomic mass is 10.2. The van der Waals surface area contributed by atoms with Gasteiger partial charge in [0.1, 0.15) is 12.4 Å². The van der Waals surface area contributed by atoms with Gasteiger partial charge in [-0.05, 0) is 19.1 Å². The van der Waals surface area contributed by atoms with Crippen molar-refractivity contribution in [2.45, 2.75) is 43.2 Å². The number of alkyl halides is 11. The molecule has 1 aromatic carbocycles. The van der Waals surface area contributed by atoms with Gasteiger partial charge in [0.2, 0.25) is 0 Å². The molecule has 0 aliphatic rings. The van der Waals surface area contributed by atoms with Crippen LogP contribution < -0.4 is 10.1 Å². The Labute approximate surface area is 160 Å². The van der Waals surface area contributed by atoms with Gasteiger partial charge in [0.05, 0.1) is 6.04 Å². The quantitative estimate of drug-likeness (QED) is 0.574. The molecule has 30 heavy (non-hydrogen) atoms. The molecular formula is C15H12F11NO3. The van der Waals surface area contributed by atoms with Crippen LogP contribution in [0.15, 0.2) is 30.3 Å². The predicted octanol–water partition coefficient (Wildman–Crippen LogP) is 4.61. The first-order valence-corrected chi connectivity index (χ1v) is 7.62. The van der Waals surface area contributed by atoms with Crippen molar-refractivity contribution in [3.8, 4) is 5.75 Å². The maximum atomic E-state index is 14.0. The Morgan fingerprint density at radius 2 is 1.40 bits per heavy atom. The van der Waals surface area contributed by atoms with E-state index in [1.165, 1.54) is 29.6 Å². The number of nitrogens with one attached hydrogen (secondary N) is 1. The van der Waals surface area contributed by atoms with Gasteiger partial charge in [-0.25, -0.2) is 0 Å². The number of hydrogen-bond donors (Lipinski definition) is 1. The molecule has 1 aromatic rings. The standard InChI is InChI=1S/C15H12F11NO3/c1-8(7-29-9-5-3-2-4-6-9)27-10(28)11(16,13(19,20)21)30-15(25,26)12(17,18)14(22,23)24/h2-6,8H,7H2,1H3,(H,27,28). The van der Waals surface area contributed by atoms with Gasteiger partial charge >= 0.3 is 30.2 Å². The molecule has 0 heterocycles. The minimum absolute atomic E-state index is 0.133. The Hall–Kier alpha value is -2.32. The zero-order chi connectivity index (χ0) is 23.6. The molecule has 0 saturated carbocycles. The Bertz CT molecular complexity index is 721. The van der Waals surface area contributed by atoms with Gasteiger partial charge < -0.3 is 10.1 Å². The molecule has 2 unspecified atom stereocenters. The molecule has 0 aromatic heterocycles. The zero-order valence-electron chi connectivity index (χ0n) is 14.6. The number of rotatable bonds is 8. The molecule has 1 rings (SSSR count). The second kappa shape index (κ2) is 8.43. The highest BCUT2D eigenvalue weighted by Crippen LogP contribution is 2.51. The molecule has 15 heteroatoms. The second-order valence-electron chi connectivity index (χ2n) is 5.78. The Morgan fingerprint density at radius 3 is 1.83 bits per heavy atom. The summed E-state index contributed by atoms with van der Waals surface area (Å²) >= 11 is 0. The summed E-state index contributed by atoms with van der Waals surface area (Å²) in [5.74, 6) is -16.4. The van der Waals surface area contributed by atoms with Crippen LogP contribution in [0.4, 0.5) is 48.3 Å². The monoisotopic (exact) mass is 463 g/mol. The summed E-state index contributed by atoms with van der Waals surface area (Å²) in [6.07, 6.45) is -20.9. The van der Waals surface area contributed by atoms with Crippen LogP contribution in [0.25, 0.3) is 0 Å². The first kappa shape index (κ1) is 25.7. The second-order valence-corrected chi connectivity index (χ2v) is 5.78. The maximum Gasteiger partial charge on any atom is 0.462 e. The zero-order valence-corrected chi connectivity index (χ0v) is 14.6. The Morgan fingerprint density at radius 1 is 0.900 bits per heavy atom. The predicted molar refractivity (Wildman–Crippen MR) is 76.5 cm³/mol. The van der Waals surface area contributed by atoms with Crippen LogP contribution >= 0.6 is 0 Å². The van der Waals surface area contributed by atoms with E-state index in [1.54, 1.807) is 6.07 Å². The first-order chi connectivity index (χ1) is 13.3. The summed E-state index contributed by atoms with van der Waals surface area (Å²) in [6, 6.07) is 5.71. The highest BCUT2D eigenvalue weighted by atomic mass is 19.4. The highest BCUT2D eigenvalue weighted by Gasteiger charge is 2.79. The molecule has 1 N–H and O–H groups in total. The van der Waals surface area contributed by atoms with Gasteiger partial charge in [-0.1, -0.05) is 18.2 Å². The molecule has 0 radical (unpaired) electrons. The number of halogens is 11. The lowest BCUT2D eigenvalue weighted by molar-refractivity contribution is -0.473. The fourth-order valence-electron chi connectivity index (χ4n) is 1.73. The molecule has 0 aliphatic carbocycles. The topological polar surface area (TPSA) is 47.6 Å². The van der Waals surface area contributed by atoms with Crippen LogP contribution in [0, 0.1) is 0 Å². The van der Waals surface area contributed by atoms with E-state index in [1.807, 2.05) is 0 Å². The van der Waals surface area contributed by atoms with Gasteiger partial charge in [0, 0.05) is 0 Å². The van der Waals surface area contributed by atoms with Crippen molar-refractivity contribution < 1.29 is 62.6 Å². The van der Waals surface area contributed by atoms with Crippen LogP contribution in [0.1, 0.15) is 6.92 Å². The number of carbonyl (C=O) groups excluding carboxylic acids is 1. The summed E-state index contributed by atoms with van der Waals surface area (Å²) < 4.78 is 148. The number of para-hydroxylation sites is 1. The molecule has 2 atom stereocenters. The number of amides is 1. The van der Waals surface area contributed by atoms with Crippen molar-refractivity contribution in [1.29, 1.82) is 0 Å². The van der Waals surface area contributed by atoms with Crippen LogP contribution in [-0.2, 0) is 9.53 Å². The number of carbonyl (C=O) groups is 1. The average Bonchev–Trinajstić information content (AvgIpc) is 2.58. The van der Waals surface area contributed by atoms with Gasteiger partial charge in [0.15, 0.2) is 0 Å². The van der Waals surface area contributed by atoms with Crippen molar-refractivity contribution in [2.75, 3.05) is 6.61 Å². The van der Waals surface area contributed by atoms with E-state index >= 15 is 0 Å². The van der Waals surface area contributed by atoms with Crippen LogP contribution in [0.5, 0.6) is 5.75 Å². The molecular weight excluding hydrogens is 451 g/mol. The van der Waals surface area contributed by atoms with Crippen molar-refractivity contribution >= 4 is 5.91 Å². The molecule has 172 valence electrons. The summed E-state index contributed by atoms with van der Waals surface area (Å²) in [6.45, 7) is 0.249. The van der Waals surface area contributed by atoms with Crippen LogP contribution in [0.3, 0.4) is 0 Å². The fourth-order valence-corrected chi connectivity index (χ4v) is 1.73. The van der Waals surface area contributed by atoms with Crippen molar-refractivity contribution in [3.05, 3.63) is 30.3 Å². The molecule has 0 aliphatic heterocycles. The largest absolute Gasteiger partial charge is 0.491 e. The normalized spacial score (nSPS) is 16.5. The highest BCUT2D eigenvalue weighted by molar-refractivity contribution is 5.84. The van der Waals surface area contributed by atoms with E-state index in [2.05, 4.69) is 4.74 Å². The van der Waals surface area contributed by atoms with E-state index < -0.39 is 48.8 Å². The van der Waals surface area contributed by atoms with Gasteiger partial charge in [-0.3, -0.25) is 9.53 Å². The molecule has 0 spiro atoms. The van der Waals surface area contributed by atoms with E-state index in [4.69, 9.17) is 4.74 Å². The van der Waals surface area contributed by atoms with E-state index in [0.717, 1.165) is 6.92 Å². The number of benzene rings is 1. The summed E-state index contributed by atoms with van der Waals surface area (Å²) in [4.78, 5) is 11.5. The van der Waals surface area contributed by atoms with Crippen LogP contribution in [-0.4, -0.2) is 48.8 Å². The Kier molecular flexibility index (Phi) is 7.23. The SMILES string of the molecule is CC(COc1ccccc1)NC(=O)C(F)(OC(F)(F)C(F)(F)C(F)(F)F)C(F)(F)F. The third-order valence-corrected chi connectivity index (χ3v) is 3.27. The minimum atomic E-state index is -7.25. The third-order valence-electron chi connectivity index (χ3n) is 3.27. The van der Waals surface area contributed by atoms with Gasteiger partial charge in [-0.2, -0.15) is 48.3 Å². The molecule has 1 amide bonds. The fraction of sp³-hybridized carbons (Fsp3) is 0.533. The van der Waals surface area contributed by atoms with Gasteiger partial charge in [-0.15, -0.1) is 0 Å². The maximum absolute atomic E-state index is 14.0. The Balaban J connectivity index is 3.02. The summed E-state index contributed by atoms with van der Waals surface area (Å²) in [7, 11) is 0. The average molecular weight is 463 g/mol. The summed E-state index contributed by atoms with van der Waals surface area (Å²) in [5, 5.41) is 1.17. The van der Waals surface area contributed by atoms with Crippen molar-refractivity contribution in [3.63, 3.8) is 0 Å². The number of ether oxygens (including phenoxy) is 2. The molecule has 4 nitrogen and oxygen atoms in total. The van der Waals surface area contributed by atoms with Crippen LogP contribution in [0.2, 0.25) is 0 Å². The third kappa shape index (κ3) is 5.43. The van der Waals surface area contributed by atoms with E-state index in [-0.39, 0.29) is 5.75 Å². The molecule has 0 fully saturated rings. The smallest absolute Gasteiger partial charge is 0.462 e. The summed E-state index contributed by atoms with van der Waals surface area (Å²) in [5.41, 5.74) is 0. The number of hydrogen-bond acceptors (Lipinski definition) is 3. The van der Waals surface area contributed by atoms with Crippen molar-refractivity contribution in [2.24, 2.45) is 0 Å². The van der Waals surface area contributed by atoms with Gasteiger partial charge in [0.25, 0.3) is 5.91 Å².